The number of rotatable bonds is 4. The van der Waals surface area contributed by atoms with Gasteiger partial charge in [0.15, 0.2) is 0 Å². The molecule has 4 rings (SSSR count). The summed E-state index contributed by atoms with van der Waals surface area (Å²) in [6.07, 6.45) is 2.05. The number of nitrogens with zero attached hydrogens (tertiary/aromatic N) is 2. The van der Waals surface area contributed by atoms with Crippen LogP contribution in [0.15, 0.2) is 59.5 Å². The summed E-state index contributed by atoms with van der Waals surface area (Å²) in [5.74, 6) is 0.509. The van der Waals surface area contributed by atoms with E-state index in [2.05, 4.69) is 15.3 Å². The van der Waals surface area contributed by atoms with Crippen molar-refractivity contribution in [1.82, 2.24) is 19.9 Å². The first kappa shape index (κ1) is 16.1. The lowest BCUT2D eigenvalue weighted by atomic mass is 10.1. The largest absolute Gasteiger partial charge is 0.360 e. The molecule has 1 amide bonds. The average molecular weight is 346 g/mol. The summed E-state index contributed by atoms with van der Waals surface area (Å²) in [4.78, 5) is 32.5. The number of amides is 1. The van der Waals surface area contributed by atoms with Gasteiger partial charge in [-0.2, -0.15) is 0 Å². The molecule has 26 heavy (non-hydrogen) atoms. The van der Waals surface area contributed by atoms with Gasteiger partial charge >= 0.3 is 0 Å². The van der Waals surface area contributed by atoms with Crippen molar-refractivity contribution in [2.75, 3.05) is 6.54 Å². The molecule has 0 fully saturated rings. The monoisotopic (exact) mass is 346 g/mol. The van der Waals surface area contributed by atoms with Crippen molar-refractivity contribution in [2.45, 2.75) is 6.42 Å². The third-order valence-electron chi connectivity index (χ3n) is 4.55. The first-order chi connectivity index (χ1) is 12.6. The van der Waals surface area contributed by atoms with Crippen LogP contribution in [-0.4, -0.2) is 27.0 Å². The van der Waals surface area contributed by atoms with E-state index in [0.29, 0.717) is 23.9 Å². The van der Waals surface area contributed by atoms with Gasteiger partial charge in [-0.3, -0.25) is 9.59 Å². The van der Waals surface area contributed by atoms with Gasteiger partial charge in [0.1, 0.15) is 11.4 Å². The summed E-state index contributed by atoms with van der Waals surface area (Å²) in [6, 6.07) is 15.0. The summed E-state index contributed by atoms with van der Waals surface area (Å²) in [6.45, 7) is 0.405. The van der Waals surface area contributed by atoms with Crippen molar-refractivity contribution in [3.8, 4) is 0 Å². The Morgan fingerprint density at radius 3 is 2.77 bits per heavy atom. The molecule has 130 valence electrons. The average Bonchev–Trinajstić information content (AvgIpc) is 2.98. The van der Waals surface area contributed by atoms with Crippen molar-refractivity contribution in [1.29, 1.82) is 0 Å². The van der Waals surface area contributed by atoms with Gasteiger partial charge in [0, 0.05) is 37.1 Å². The van der Waals surface area contributed by atoms with Crippen LogP contribution in [0.25, 0.3) is 21.9 Å². The van der Waals surface area contributed by atoms with Gasteiger partial charge < -0.3 is 14.9 Å². The molecule has 6 heteroatoms. The van der Waals surface area contributed by atoms with E-state index in [1.165, 1.54) is 6.20 Å². The molecule has 0 aliphatic heterocycles. The number of aromatic nitrogens is 3. The number of carbonyl (C=O) groups excluding carboxylic acids is 1. The highest BCUT2D eigenvalue weighted by atomic mass is 16.2. The van der Waals surface area contributed by atoms with E-state index in [1.54, 1.807) is 12.1 Å². The molecule has 0 saturated heterocycles. The van der Waals surface area contributed by atoms with Crippen LogP contribution in [-0.2, 0) is 13.5 Å². The molecule has 2 aromatic heterocycles. The Morgan fingerprint density at radius 1 is 1.15 bits per heavy atom. The highest BCUT2D eigenvalue weighted by Crippen LogP contribution is 2.14. The highest BCUT2D eigenvalue weighted by molar-refractivity contribution is 5.97. The Labute approximate surface area is 149 Å². The number of fused-ring (bicyclic) bond motifs is 2. The number of hydrogen-bond donors (Lipinski definition) is 2. The second-order valence-electron chi connectivity index (χ2n) is 6.16. The van der Waals surface area contributed by atoms with Crippen LogP contribution in [0.3, 0.4) is 0 Å². The summed E-state index contributed by atoms with van der Waals surface area (Å²) in [7, 11) is 1.96. The minimum atomic E-state index is -0.379. The molecule has 0 unspecified atom stereocenters. The Hall–Kier alpha value is -3.41. The van der Waals surface area contributed by atoms with Crippen LogP contribution in [0.2, 0.25) is 0 Å². The minimum Gasteiger partial charge on any atom is -0.360 e. The van der Waals surface area contributed by atoms with Crippen LogP contribution < -0.4 is 10.7 Å². The SMILES string of the molecule is Cn1c(CCNC(=O)c2c[nH]c3ccccc3c2=O)nc2ccccc21. The summed E-state index contributed by atoms with van der Waals surface area (Å²) < 4.78 is 2.02. The summed E-state index contributed by atoms with van der Waals surface area (Å²) in [5, 5.41) is 3.32. The molecule has 2 aromatic carbocycles. The summed E-state index contributed by atoms with van der Waals surface area (Å²) >= 11 is 0. The summed E-state index contributed by atoms with van der Waals surface area (Å²) in [5.41, 5.74) is 2.56. The topological polar surface area (TPSA) is 79.8 Å². The molecular formula is C20H18N4O2. The van der Waals surface area contributed by atoms with Gasteiger partial charge in [0.05, 0.1) is 11.0 Å². The maximum absolute atomic E-state index is 12.5. The minimum absolute atomic E-state index is 0.119. The Bertz CT molecular complexity index is 1170. The van der Waals surface area contributed by atoms with E-state index in [9.17, 15) is 9.59 Å². The van der Waals surface area contributed by atoms with Crippen LogP contribution >= 0.6 is 0 Å². The van der Waals surface area contributed by atoms with Crippen LogP contribution in [0.1, 0.15) is 16.2 Å². The number of aryl methyl sites for hydroxylation is 1. The van der Waals surface area contributed by atoms with E-state index in [0.717, 1.165) is 16.9 Å². The normalized spacial score (nSPS) is 11.1. The van der Waals surface area contributed by atoms with Gasteiger partial charge in [0.2, 0.25) is 5.43 Å². The third-order valence-corrected chi connectivity index (χ3v) is 4.55. The van der Waals surface area contributed by atoms with Crippen LogP contribution in [0.4, 0.5) is 0 Å². The van der Waals surface area contributed by atoms with Crippen molar-refractivity contribution >= 4 is 27.8 Å². The van der Waals surface area contributed by atoms with E-state index in [1.807, 2.05) is 48.0 Å². The second-order valence-corrected chi connectivity index (χ2v) is 6.16. The molecule has 0 saturated carbocycles. The number of aromatic amines is 1. The molecular weight excluding hydrogens is 328 g/mol. The fraction of sp³-hybridized carbons (Fsp3) is 0.150. The first-order valence-corrected chi connectivity index (χ1v) is 8.44. The maximum Gasteiger partial charge on any atom is 0.256 e. The van der Waals surface area contributed by atoms with E-state index in [4.69, 9.17) is 0 Å². The number of hydrogen-bond acceptors (Lipinski definition) is 3. The molecule has 0 aliphatic rings. The molecule has 0 radical (unpaired) electrons. The quantitative estimate of drug-likeness (QED) is 0.595. The van der Waals surface area contributed by atoms with Crippen molar-refractivity contribution < 1.29 is 4.79 Å². The molecule has 2 N–H and O–H groups in total. The zero-order valence-electron chi connectivity index (χ0n) is 14.3. The van der Waals surface area contributed by atoms with Crippen LogP contribution in [0.5, 0.6) is 0 Å². The standard InChI is InChI=1S/C20H18N4O2/c1-24-17-9-5-4-8-16(17)23-18(24)10-11-21-20(26)14-12-22-15-7-3-2-6-13(15)19(14)25/h2-9,12H,10-11H2,1H3,(H,21,26)(H,22,25). The number of carbonyl (C=O) groups is 1. The van der Waals surface area contributed by atoms with E-state index >= 15 is 0 Å². The zero-order valence-corrected chi connectivity index (χ0v) is 14.3. The Balaban J connectivity index is 1.49. The Kier molecular flexibility index (Phi) is 4.01. The number of para-hydroxylation sites is 3. The van der Waals surface area contributed by atoms with E-state index < -0.39 is 0 Å². The Morgan fingerprint density at radius 2 is 1.92 bits per heavy atom. The fourth-order valence-corrected chi connectivity index (χ4v) is 3.14. The van der Waals surface area contributed by atoms with Gasteiger partial charge in [-0.1, -0.05) is 24.3 Å². The predicted molar refractivity (Wildman–Crippen MR) is 101 cm³/mol. The number of H-pyrrole nitrogens is 1. The highest BCUT2D eigenvalue weighted by Gasteiger charge is 2.13. The van der Waals surface area contributed by atoms with Crippen molar-refractivity contribution in [3.05, 3.63) is 76.3 Å². The molecule has 4 aromatic rings. The number of nitrogens with one attached hydrogen (secondary N) is 2. The number of imidazole rings is 1. The molecule has 0 atom stereocenters. The lowest BCUT2D eigenvalue weighted by Crippen LogP contribution is -2.30. The zero-order chi connectivity index (χ0) is 18.1. The van der Waals surface area contributed by atoms with Gasteiger partial charge in [-0.15, -0.1) is 0 Å². The lowest BCUT2D eigenvalue weighted by molar-refractivity contribution is 0.0952. The van der Waals surface area contributed by atoms with Gasteiger partial charge in [0.25, 0.3) is 5.91 Å². The van der Waals surface area contributed by atoms with Gasteiger partial charge in [-0.25, -0.2) is 4.98 Å². The molecule has 0 aliphatic carbocycles. The molecule has 0 spiro atoms. The van der Waals surface area contributed by atoms with Crippen molar-refractivity contribution in [3.63, 3.8) is 0 Å². The predicted octanol–water partition coefficient (Wildman–Crippen LogP) is 2.39. The molecule has 0 bridgehead atoms. The third kappa shape index (κ3) is 2.75. The fourth-order valence-electron chi connectivity index (χ4n) is 3.14. The van der Waals surface area contributed by atoms with Gasteiger partial charge in [-0.05, 0) is 24.3 Å². The second kappa shape index (κ2) is 6.48. The first-order valence-electron chi connectivity index (χ1n) is 8.44. The lowest BCUT2D eigenvalue weighted by Gasteiger charge is -2.06. The smallest absolute Gasteiger partial charge is 0.256 e. The number of pyridine rings is 1. The van der Waals surface area contributed by atoms with E-state index in [-0.39, 0.29) is 16.9 Å². The maximum atomic E-state index is 12.5. The molecule has 2 heterocycles. The molecule has 6 nitrogen and oxygen atoms in total. The number of benzene rings is 2. The van der Waals surface area contributed by atoms with Crippen molar-refractivity contribution in [2.24, 2.45) is 7.05 Å². The van der Waals surface area contributed by atoms with Crippen LogP contribution in [0, 0.1) is 0 Å².